The van der Waals surface area contributed by atoms with Gasteiger partial charge in [0.05, 0.1) is 0 Å². The van der Waals surface area contributed by atoms with Gasteiger partial charge in [-0.15, -0.1) is 0 Å². The maximum atomic E-state index is 14.4. The van der Waals surface area contributed by atoms with E-state index in [1.54, 1.807) is 42.5 Å². The van der Waals surface area contributed by atoms with Gasteiger partial charge < -0.3 is 5.11 Å². The van der Waals surface area contributed by atoms with Gasteiger partial charge in [0.2, 0.25) is 5.82 Å². The third-order valence-corrected chi connectivity index (χ3v) is 7.05. The van der Waals surface area contributed by atoms with Gasteiger partial charge >= 0.3 is 37.9 Å². The van der Waals surface area contributed by atoms with Crippen LogP contribution in [0.2, 0.25) is 0 Å². The summed E-state index contributed by atoms with van der Waals surface area (Å²) in [5.41, 5.74) is 1.04. The van der Waals surface area contributed by atoms with Gasteiger partial charge in [0.1, 0.15) is 11.4 Å². The van der Waals surface area contributed by atoms with Crippen molar-refractivity contribution in [1.82, 2.24) is 0 Å². The Morgan fingerprint density at radius 3 is 1.53 bits per heavy atom. The zero-order valence-electron chi connectivity index (χ0n) is 22.4. The number of benzene rings is 5. The van der Waals surface area contributed by atoms with E-state index in [1.165, 1.54) is 0 Å². The van der Waals surface area contributed by atoms with Crippen molar-refractivity contribution in [1.29, 1.82) is 0 Å². The molecule has 0 unspecified atom stereocenters. The van der Waals surface area contributed by atoms with Crippen LogP contribution in [0.25, 0.3) is 11.1 Å². The van der Waals surface area contributed by atoms with E-state index in [-0.39, 0.29) is 11.3 Å². The van der Waals surface area contributed by atoms with E-state index in [0.29, 0.717) is 16.7 Å². The Morgan fingerprint density at radius 1 is 0.651 bits per heavy atom. The topological polar surface area (TPSA) is 32.6 Å². The zero-order valence-corrected chi connectivity index (χ0v) is 26.4. The van der Waals surface area contributed by atoms with Crippen molar-refractivity contribution in [3.05, 3.63) is 154 Å². The normalized spacial score (nSPS) is 11.3. The van der Waals surface area contributed by atoms with Gasteiger partial charge in [-0.25, -0.2) is 26.9 Å². The first-order valence-corrected chi connectivity index (χ1v) is 19.0. The van der Waals surface area contributed by atoms with Crippen LogP contribution >= 0.6 is 17.0 Å². The van der Waals surface area contributed by atoms with Gasteiger partial charge in [-0.3, -0.25) is 0 Å². The Morgan fingerprint density at radius 2 is 1.07 bits per heavy atom. The molecule has 5 rings (SSSR count). The van der Waals surface area contributed by atoms with E-state index in [9.17, 15) is 27.1 Å². The van der Waals surface area contributed by atoms with E-state index < -0.39 is 61.0 Å². The molecule has 0 aliphatic rings. The number of halogens is 7. The Labute approximate surface area is 264 Å². The Hall–Kier alpha value is -3.32. The first-order chi connectivity index (χ1) is 20.7. The van der Waals surface area contributed by atoms with Crippen molar-refractivity contribution >= 4 is 28.9 Å². The Bertz CT molecular complexity index is 1670. The number of hydrogen-bond acceptors (Lipinski definition) is 2. The summed E-state index contributed by atoms with van der Waals surface area (Å²) in [5, 5.41) is 11.8. The van der Waals surface area contributed by atoms with Crippen molar-refractivity contribution in [2.24, 2.45) is 4.99 Å². The molecule has 1 N–H and O–H groups in total. The van der Waals surface area contributed by atoms with E-state index in [0.717, 1.165) is 17.3 Å². The van der Waals surface area contributed by atoms with Gasteiger partial charge in [0.25, 0.3) is 0 Å². The van der Waals surface area contributed by atoms with Crippen LogP contribution in [0.15, 0.2) is 108 Å². The zero-order chi connectivity index (χ0) is 31.1. The van der Waals surface area contributed by atoms with Crippen LogP contribution in [-0.4, -0.2) is 11.3 Å². The number of aromatic hydroxyl groups is 1. The Balaban J connectivity index is 0.00000135. The van der Waals surface area contributed by atoms with Gasteiger partial charge in [-0.05, 0) is 29.2 Å². The van der Waals surface area contributed by atoms with Gasteiger partial charge in [-0.2, -0.15) is 0 Å². The third-order valence-electron chi connectivity index (χ3n) is 7.05. The molecule has 0 heterocycles. The predicted octanol–water partition coefficient (Wildman–Crippen LogP) is 10.2. The van der Waals surface area contributed by atoms with Crippen molar-refractivity contribution in [3.63, 3.8) is 0 Å². The second-order valence-corrected chi connectivity index (χ2v) is 13.1. The molecular weight excluding hydrogens is 683 g/mol. The number of hydrogen-bond donors (Lipinski definition) is 1. The average Bonchev–Trinajstić information content (AvgIpc) is 3.04. The summed E-state index contributed by atoms with van der Waals surface area (Å²) in [7, 11) is 9.87. The molecule has 5 aromatic rings. The van der Waals surface area contributed by atoms with Gasteiger partial charge in [-0.1, -0.05) is 103 Å². The molecule has 5 aromatic carbocycles. The summed E-state index contributed by atoms with van der Waals surface area (Å²) < 4.78 is 70.2. The number of rotatable bonds is 6. The first kappa shape index (κ1) is 32.6. The number of phenols is 1. The molecule has 0 saturated heterocycles. The van der Waals surface area contributed by atoms with Crippen LogP contribution in [0.4, 0.5) is 27.6 Å². The van der Waals surface area contributed by atoms with Crippen LogP contribution in [0.3, 0.4) is 0 Å². The van der Waals surface area contributed by atoms with Crippen LogP contribution in [0, 0.1) is 29.1 Å². The van der Waals surface area contributed by atoms with E-state index >= 15 is 0 Å². The van der Waals surface area contributed by atoms with Crippen molar-refractivity contribution < 1.29 is 47.9 Å². The summed E-state index contributed by atoms with van der Waals surface area (Å²) in [6.45, 7) is 1.93. The minimum atomic E-state index is -2.27. The maximum absolute atomic E-state index is 14.4. The summed E-state index contributed by atoms with van der Waals surface area (Å²) >= 11 is -0.826. The molecule has 2 nitrogen and oxygen atoms in total. The van der Waals surface area contributed by atoms with Crippen LogP contribution in [-0.2, 0) is 26.3 Å². The first-order valence-electron chi connectivity index (χ1n) is 12.7. The fourth-order valence-corrected chi connectivity index (χ4v) is 4.87. The molecule has 0 saturated carbocycles. The fourth-order valence-electron chi connectivity index (χ4n) is 4.87. The molecule has 0 atom stereocenters. The summed E-state index contributed by atoms with van der Waals surface area (Å²) in [6, 6.07) is 31.2. The molecule has 0 radical (unpaired) electrons. The molecule has 0 fully saturated rings. The molecule has 0 aromatic heterocycles. The van der Waals surface area contributed by atoms with Crippen LogP contribution in [0.5, 0.6) is 5.75 Å². The summed E-state index contributed by atoms with van der Waals surface area (Å²) in [6.07, 6.45) is 0.926. The third kappa shape index (κ3) is 6.62. The van der Waals surface area contributed by atoms with Crippen molar-refractivity contribution in [2.75, 3.05) is 0 Å². The van der Waals surface area contributed by atoms with Crippen molar-refractivity contribution in [3.8, 4) is 16.9 Å². The average molecular weight is 706 g/mol. The molecule has 0 aliphatic heterocycles. The van der Waals surface area contributed by atoms with Crippen LogP contribution in [0.1, 0.15) is 29.2 Å². The monoisotopic (exact) mass is 703 g/mol. The molecule has 0 amide bonds. The van der Waals surface area contributed by atoms with Crippen LogP contribution < -0.4 is 0 Å². The minimum absolute atomic E-state index is 0.0470. The summed E-state index contributed by atoms with van der Waals surface area (Å²) in [4.78, 5) is 3.67. The molecule has 218 valence electrons. The molecular formula is C33H22Cl2F5NOZr. The van der Waals surface area contributed by atoms with E-state index in [2.05, 4.69) is 4.99 Å². The molecule has 43 heavy (non-hydrogen) atoms. The van der Waals surface area contributed by atoms with Gasteiger partial charge in [0, 0.05) is 22.8 Å². The summed E-state index contributed by atoms with van der Waals surface area (Å²) in [5.74, 6) is -10.9. The number of aliphatic imine (C=N–C) groups is 1. The standard InChI is InChI=1S/C33H22F5NO.2ClH.Zr/c1-33(21-13-7-3-8-14-21,22-15-9-4-10-16-22)25-18-17-23(20-11-5-2-6-12-20)24(32(25)40)19-39-31-29(37)27(35)26(34)28(36)30(31)38;;;/h2-19,40H,1H3;2*1H;/q;;;+2/p-2. The quantitative estimate of drug-likeness (QED) is 0.0616. The molecule has 0 spiro atoms. The Kier molecular flexibility index (Phi) is 10.9. The second-order valence-electron chi connectivity index (χ2n) is 9.39. The van der Waals surface area contributed by atoms with E-state index in [4.69, 9.17) is 17.0 Å². The van der Waals surface area contributed by atoms with Crippen molar-refractivity contribution in [2.45, 2.75) is 12.3 Å². The molecule has 10 heteroatoms. The number of phenolic OH excluding ortho intramolecular Hbond substituents is 1. The SMILES string of the molecule is CC(c1ccccc1)(c1ccccc1)c1ccc(-c2ccccc2)c(C=Nc2c(F)c(F)c(F)c(F)c2F)c1O.[Cl][Zr][Cl]. The van der Waals surface area contributed by atoms with Gasteiger partial charge in [0.15, 0.2) is 23.3 Å². The molecule has 0 aliphatic carbocycles. The fraction of sp³-hybridized carbons (Fsp3) is 0.0606. The number of nitrogens with zero attached hydrogens (tertiary/aromatic N) is 1. The van der Waals surface area contributed by atoms with E-state index in [1.807, 2.05) is 67.6 Å². The molecule has 0 bridgehead atoms. The second kappa shape index (κ2) is 14.4. The predicted molar refractivity (Wildman–Crippen MR) is 157 cm³/mol.